The molecule has 106 valence electrons. The van der Waals surface area contributed by atoms with E-state index in [1.807, 2.05) is 12.1 Å². The summed E-state index contributed by atoms with van der Waals surface area (Å²) >= 11 is 7.08. The Morgan fingerprint density at radius 3 is 2.95 bits per heavy atom. The van der Waals surface area contributed by atoms with Gasteiger partial charge in [-0.25, -0.2) is 0 Å². The van der Waals surface area contributed by atoms with Crippen molar-refractivity contribution in [2.45, 2.75) is 25.3 Å². The Labute approximate surface area is 135 Å². The number of hydrogen-bond donors (Lipinski definition) is 1. The van der Waals surface area contributed by atoms with E-state index in [0.29, 0.717) is 6.04 Å². The minimum Gasteiger partial charge on any atom is -0.495 e. The van der Waals surface area contributed by atoms with Crippen LogP contribution in [0, 0.1) is 0 Å². The zero-order valence-corrected chi connectivity index (χ0v) is 14.3. The number of furan rings is 1. The van der Waals surface area contributed by atoms with Crippen LogP contribution in [0.5, 0.6) is 5.75 Å². The van der Waals surface area contributed by atoms with Crippen LogP contribution in [-0.2, 0) is 6.42 Å². The van der Waals surface area contributed by atoms with Gasteiger partial charge in [-0.3, -0.25) is 0 Å². The molecule has 1 atom stereocenters. The monoisotopic (exact) mass is 399 g/mol. The lowest BCUT2D eigenvalue weighted by atomic mass is 9.93. The molecule has 0 amide bonds. The maximum absolute atomic E-state index is 5.53. The predicted molar refractivity (Wildman–Crippen MR) is 86.4 cm³/mol. The van der Waals surface area contributed by atoms with Gasteiger partial charge in [-0.2, -0.15) is 0 Å². The Bertz CT molecular complexity index is 624. The standard InChI is InChI=1S/C15H15Br2NO2/c1-19-15-8-13(10(16)7-11(15)17)18-12-3-2-4-14-9(12)5-6-20-14/h5-8,12,18H,2-4H2,1H3. The molecule has 1 unspecified atom stereocenters. The fourth-order valence-electron chi connectivity index (χ4n) is 2.62. The van der Waals surface area contributed by atoms with Crippen LogP contribution in [0.3, 0.4) is 0 Å². The third-order valence-electron chi connectivity index (χ3n) is 3.62. The number of methoxy groups -OCH3 is 1. The molecule has 1 N–H and O–H groups in total. The smallest absolute Gasteiger partial charge is 0.135 e. The van der Waals surface area contributed by atoms with Crippen molar-refractivity contribution in [3.63, 3.8) is 0 Å². The molecule has 1 aromatic heterocycles. The van der Waals surface area contributed by atoms with E-state index in [2.05, 4.69) is 43.2 Å². The van der Waals surface area contributed by atoms with Gasteiger partial charge in [-0.05, 0) is 56.8 Å². The van der Waals surface area contributed by atoms with E-state index in [4.69, 9.17) is 9.15 Å². The number of aryl methyl sites for hydroxylation is 1. The zero-order valence-electron chi connectivity index (χ0n) is 11.1. The summed E-state index contributed by atoms with van der Waals surface area (Å²) in [5.41, 5.74) is 2.30. The SMILES string of the molecule is COc1cc(NC2CCCc3occc32)c(Br)cc1Br. The average molecular weight is 401 g/mol. The van der Waals surface area contributed by atoms with Crippen LogP contribution in [0.15, 0.2) is 37.8 Å². The van der Waals surface area contributed by atoms with Gasteiger partial charge in [0.05, 0.1) is 29.6 Å². The molecular weight excluding hydrogens is 386 g/mol. The minimum atomic E-state index is 0.291. The Morgan fingerprint density at radius 2 is 2.15 bits per heavy atom. The summed E-state index contributed by atoms with van der Waals surface area (Å²) in [6.07, 6.45) is 5.06. The average Bonchev–Trinajstić information content (AvgIpc) is 2.91. The molecule has 0 saturated heterocycles. The lowest BCUT2D eigenvalue weighted by Crippen LogP contribution is -2.16. The van der Waals surface area contributed by atoms with Gasteiger partial charge in [0.15, 0.2) is 0 Å². The van der Waals surface area contributed by atoms with E-state index in [9.17, 15) is 0 Å². The van der Waals surface area contributed by atoms with Crippen LogP contribution in [0.25, 0.3) is 0 Å². The number of rotatable bonds is 3. The van der Waals surface area contributed by atoms with Crippen molar-refractivity contribution in [3.05, 3.63) is 44.7 Å². The minimum absolute atomic E-state index is 0.291. The van der Waals surface area contributed by atoms with Crippen LogP contribution in [-0.4, -0.2) is 7.11 Å². The Morgan fingerprint density at radius 1 is 1.30 bits per heavy atom. The molecule has 1 aliphatic carbocycles. The van der Waals surface area contributed by atoms with E-state index in [1.165, 1.54) is 5.56 Å². The molecule has 0 fully saturated rings. The van der Waals surface area contributed by atoms with Crippen LogP contribution in [0.1, 0.15) is 30.2 Å². The van der Waals surface area contributed by atoms with Crippen molar-refractivity contribution >= 4 is 37.5 Å². The highest BCUT2D eigenvalue weighted by atomic mass is 79.9. The maximum Gasteiger partial charge on any atom is 0.135 e. The molecule has 5 heteroatoms. The van der Waals surface area contributed by atoms with Crippen molar-refractivity contribution in [2.75, 3.05) is 12.4 Å². The van der Waals surface area contributed by atoms with Gasteiger partial charge in [0, 0.05) is 22.5 Å². The largest absolute Gasteiger partial charge is 0.495 e. The summed E-state index contributed by atoms with van der Waals surface area (Å²) < 4.78 is 12.8. The molecule has 1 aliphatic rings. The molecule has 1 heterocycles. The van der Waals surface area contributed by atoms with Gasteiger partial charge in [-0.1, -0.05) is 0 Å². The summed E-state index contributed by atoms with van der Waals surface area (Å²) in [5, 5.41) is 3.59. The van der Waals surface area contributed by atoms with Gasteiger partial charge >= 0.3 is 0 Å². The van der Waals surface area contributed by atoms with Gasteiger partial charge in [0.2, 0.25) is 0 Å². The summed E-state index contributed by atoms with van der Waals surface area (Å²) in [5.74, 6) is 1.92. The fraction of sp³-hybridized carbons (Fsp3) is 0.333. The molecule has 0 spiro atoms. The van der Waals surface area contributed by atoms with Crippen LogP contribution < -0.4 is 10.1 Å². The van der Waals surface area contributed by atoms with Crippen LogP contribution >= 0.6 is 31.9 Å². The van der Waals surface area contributed by atoms with Gasteiger partial charge in [0.25, 0.3) is 0 Å². The number of ether oxygens (including phenoxy) is 1. The normalized spacial score (nSPS) is 17.6. The highest BCUT2D eigenvalue weighted by Gasteiger charge is 2.23. The Kier molecular flexibility index (Phi) is 4.08. The van der Waals surface area contributed by atoms with E-state index in [1.54, 1.807) is 13.4 Å². The van der Waals surface area contributed by atoms with Crippen molar-refractivity contribution < 1.29 is 9.15 Å². The zero-order chi connectivity index (χ0) is 14.1. The predicted octanol–water partition coefficient (Wildman–Crippen LogP) is 5.30. The van der Waals surface area contributed by atoms with E-state index >= 15 is 0 Å². The molecular formula is C15H15Br2NO2. The first-order chi connectivity index (χ1) is 9.69. The molecule has 3 rings (SSSR count). The molecule has 0 radical (unpaired) electrons. The number of fused-ring (bicyclic) bond motifs is 1. The number of nitrogens with one attached hydrogen (secondary N) is 1. The fourth-order valence-corrected chi connectivity index (χ4v) is 3.89. The van der Waals surface area contributed by atoms with Crippen molar-refractivity contribution in [1.82, 2.24) is 0 Å². The molecule has 20 heavy (non-hydrogen) atoms. The summed E-state index contributed by atoms with van der Waals surface area (Å²) in [4.78, 5) is 0. The summed E-state index contributed by atoms with van der Waals surface area (Å²) in [7, 11) is 1.67. The quantitative estimate of drug-likeness (QED) is 0.758. The second kappa shape index (κ2) is 5.82. The Hall–Kier alpha value is -0.940. The summed E-state index contributed by atoms with van der Waals surface area (Å²) in [6, 6.07) is 6.36. The molecule has 3 nitrogen and oxygen atoms in total. The first-order valence-electron chi connectivity index (χ1n) is 6.55. The second-order valence-electron chi connectivity index (χ2n) is 4.85. The number of benzene rings is 1. The maximum atomic E-state index is 5.53. The topological polar surface area (TPSA) is 34.4 Å². The molecule has 0 saturated carbocycles. The first kappa shape index (κ1) is 14.0. The number of hydrogen-bond acceptors (Lipinski definition) is 3. The number of anilines is 1. The third-order valence-corrected chi connectivity index (χ3v) is 4.90. The molecule has 1 aromatic carbocycles. The number of halogens is 2. The van der Waals surface area contributed by atoms with E-state index < -0.39 is 0 Å². The molecule has 2 aromatic rings. The van der Waals surface area contributed by atoms with Crippen LogP contribution in [0.2, 0.25) is 0 Å². The van der Waals surface area contributed by atoms with Gasteiger partial charge in [0.1, 0.15) is 11.5 Å². The van der Waals surface area contributed by atoms with Gasteiger partial charge < -0.3 is 14.5 Å². The Balaban J connectivity index is 1.89. The van der Waals surface area contributed by atoms with Gasteiger partial charge in [-0.15, -0.1) is 0 Å². The summed E-state index contributed by atoms with van der Waals surface area (Å²) in [6.45, 7) is 0. The first-order valence-corrected chi connectivity index (χ1v) is 8.13. The molecule has 0 aliphatic heterocycles. The van der Waals surface area contributed by atoms with Crippen molar-refractivity contribution in [2.24, 2.45) is 0 Å². The van der Waals surface area contributed by atoms with Crippen LogP contribution in [0.4, 0.5) is 5.69 Å². The van der Waals surface area contributed by atoms with Crippen molar-refractivity contribution in [1.29, 1.82) is 0 Å². The van der Waals surface area contributed by atoms with E-state index in [-0.39, 0.29) is 0 Å². The third kappa shape index (κ3) is 2.61. The van der Waals surface area contributed by atoms with E-state index in [0.717, 1.165) is 45.4 Å². The molecule has 0 bridgehead atoms. The lowest BCUT2D eigenvalue weighted by molar-refractivity contribution is 0.412. The highest BCUT2D eigenvalue weighted by Crippen LogP contribution is 2.39. The second-order valence-corrected chi connectivity index (χ2v) is 6.56. The lowest BCUT2D eigenvalue weighted by Gasteiger charge is -2.24. The highest BCUT2D eigenvalue weighted by molar-refractivity contribution is 9.11. The van der Waals surface area contributed by atoms with Crippen molar-refractivity contribution in [3.8, 4) is 5.75 Å².